The molecule has 1 aromatic rings. The lowest BCUT2D eigenvalue weighted by Crippen LogP contribution is -2.52. The van der Waals surface area contributed by atoms with E-state index in [0.717, 1.165) is 45.6 Å². The summed E-state index contributed by atoms with van der Waals surface area (Å²) < 4.78 is 0. The molecule has 3 rings (SSSR count). The molecular formula is C19H29N3O. The second-order valence-electron chi connectivity index (χ2n) is 6.98. The Morgan fingerprint density at radius 3 is 2.52 bits per heavy atom. The second-order valence-corrected chi connectivity index (χ2v) is 6.98. The molecule has 2 heterocycles. The molecule has 1 amide bonds. The number of hydrogen-bond donors (Lipinski definition) is 0. The Labute approximate surface area is 140 Å². The Morgan fingerprint density at radius 1 is 1.09 bits per heavy atom. The number of aryl methyl sites for hydroxylation is 1. The van der Waals surface area contributed by atoms with Crippen LogP contribution in [0, 0.1) is 6.92 Å². The van der Waals surface area contributed by atoms with Crippen LogP contribution in [-0.2, 0) is 4.79 Å². The van der Waals surface area contributed by atoms with Crippen LogP contribution in [0.3, 0.4) is 0 Å². The van der Waals surface area contributed by atoms with Crippen molar-refractivity contribution < 1.29 is 4.79 Å². The number of hydrogen-bond acceptors (Lipinski definition) is 3. The van der Waals surface area contributed by atoms with Gasteiger partial charge in [0.2, 0.25) is 5.91 Å². The van der Waals surface area contributed by atoms with Gasteiger partial charge in [-0.25, -0.2) is 0 Å². The van der Waals surface area contributed by atoms with Gasteiger partial charge in [0, 0.05) is 44.5 Å². The first-order valence-electron chi connectivity index (χ1n) is 8.97. The number of piperidine rings is 1. The molecule has 2 aliphatic heterocycles. The maximum absolute atomic E-state index is 12.6. The molecule has 2 fully saturated rings. The fourth-order valence-electron chi connectivity index (χ4n) is 3.82. The maximum atomic E-state index is 12.6. The van der Waals surface area contributed by atoms with Crippen LogP contribution >= 0.6 is 0 Å². The van der Waals surface area contributed by atoms with E-state index in [9.17, 15) is 4.79 Å². The minimum atomic E-state index is 0.321. The van der Waals surface area contributed by atoms with E-state index in [4.69, 9.17) is 0 Å². The monoisotopic (exact) mass is 315 g/mol. The van der Waals surface area contributed by atoms with E-state index < -0.39 is 0 Å². The number of likely N-dealkylation sites (tertiary alicyclic amines) is 1. The molecule has 23 heavy (non-hydrogen) atoms. The minimum absolute atomic E-state index is 0.321. The van der Waals surface area contributed by atoms with Gasteiger partial charge >= 0.3 is 0 Å². The fraction of sp³-hybridized carbons (Fsp3) is 0.632. The lowest BCUT2D eigenvalue weighted by molar-refractivity contribution is -0.135. The van der Waals surface area contributed by atoms with Gasteiger partial charge in [0.25, 0.3) is 0 Å². The Bertz CT molecular complexity index is 537. The van der Waals surface area contributed by atoms with Crippen LogP contribution in [0.15, 0.2) is 24.3 Å². The van der Waals surface area contributed by atoms with Gasteiger partial charge in [-0.3, -0.25) is 9.69 Å². The molecule has 4 heteroatoms. The van der Waals surface area contributed by atoms with Crippen molar-refractivity contribution in [2.45, 2.75) is 39.2 Å². The Kier molecular flexibility index (Phi) is 5.21. The van der Waals surface area contributed by atoms with Crippen molar-refractivity contribution in [1.82, 2.24) is 9.80 Å². The minimum Gasteiger partial charge on any atom is -0.369 e. The average molecular weight is 315 g/mol. The summed E-state index contributed by atoms with van der Waals surface area (Å²) in [7, 11) is 0. The zero-order valence-electron chi connectivity index (χ0n) is 14.5. The summed E-state index contributed by atoms with van der Waals surface area (Å²) in [5, 5.41) is 0. The van der Waals surface area contributed by atoms with Crippen LogP contribution in [0.2, 0.25) is 0 Å². The van der Waals surface area contributed by atoms with Gasteiger partial charge in [0.1, 0.15) is 0 Å². The highest BCUT2D eigenvalue weighted by Crippen LogP contribution is 2.21. The van der Waals surface area contributed by atoms with E-state index in [1.165, 1.54) is 17.7 Å². The average Bonchev–Trinajstić information content (AvgIpc) is 2.56. The summed E-state index contributed by atoms with van der Waals surface area (Å²) >= 11 is 0. The number of piperazine rings is 1. The van der Waals surface area contributed by atoms with Crippen molar-refractivity contribution in [2.24, 2.45) is 0 Å². The molecule has 0 saturated carbocycles. The lowest BCUT2D eigenvalue weighted by atomic mass is 10.0. The van der Waals surface area contributed by atoms with Crippen LogP contribution in [0.25, 0.3) is 0 Å². The number of anilines is 1. The summed E-state index contributed by atoms with van der Waals surface area (Å²) in [4.78, 5) is 19.4. The topological polar surface area (TPSA) is 26.8 Å². The van der Waals surface area contributed by atoms with Gasteiger partial charge in [-0.05, 0) is 44.7 Å². The zero-order chi connectivity index (χ0) is 16.2. The van der Waals surface area contributed by atoms with Crippen molar-refractivity contribution in [1.29, 1.82) is 0 Å². The number of amides is 1. The van der Waals surface area contributed by atoms with Gasteiger partial charge in [-0.2, -0.15) is 0 Å². The maximum Gasteiger partial charge on any atom is 0.236 e. The van der Waals surface area contributed by atoms with Gasteiger partial charge in [0.05, 0.1) is 6.54 Å². The standard InChI is InChI=1S/C19H29N3O/c1-16-7-3-4-9-18(16)21-13-11-20(12-14-21)15-19(23)22-10-6-5-8-17(22)2/h3-4,7,9,17H,5-6,8,10-15H2,1-2H3/t17-/m1/s1. The first-order valence-corrected chi connectivity index (χ1v) is 8.97. The van der Waals surface area contributed by atoms with Crippen LogP contribution in [0.5, 0.6) is 0 Å². The zero-order valence-corrected chi connectivity index (χ0v) is 14.5. The SMILES string of the molecule is Cc1ccccc1N1CCN(CC(=O)N2CCCC[C@H]2C)CC1. The van der Waals surface area contributed by atoms with E-state index in [1.807, 2.05) is 0 Å². The van der Waals surface area contributed by atoms with Crippen molar-refractivity contribution in [2.75, 3.05) is 44.2 Å². The summed E-state index contributed by atoms with van der Waals surface area (Å²) in [5.41, 5.74) is 2.67. The van der Waals surface area contributed by atoms with Crippen molar-refractivity contribution >= 4 is 11.6 Å². The van der Waals surface area contributed by atoms with E-state index in [1.54, 1.807) is 0 Å². The number of rotatable bonds is 3. The first-order chi connectivity index (χ1) is 11.1. The first kappa shape index (κ1) is 16.3. The predicted molar refractivity (Wildman–Crippen MR) is 94.9 cm³/mol. The van der Waals surface area contributed by atoms with Gasteiger partial charge in [-0.15, -0.1) is 0 Å². The number of carbonyl (C=O) groups excluding carboxylic acids is 1. The summed E-state index contributed by atoms with van der Waals surface area (Å²) in [6.07, 6.45) is 3.59. The lowest BCUT2D eigenvalue weighted by Gasteiger charge is -2.39. The van der Waals surface area contributed by atoms with E-state index in [0.29, 0.717) is 18.5 Å². The third-order valence-corrected chi connectivity index (χ3v) is 5.31. The third-order valence-electron chi connectivity index (χ3n) is 5.31. The predicted octanol–water partition coefficient (Wildman–Crippen LogP) is 2.52. The summed E-state index contributed by atoms with van der Waals surface area (Å²) in [6.45, 7) is 9.86. The Balaban J connectivity index is 1.51. The highest BCUT2D eigenvalue weighted by Gasteiger charge is 2.26. The number of carbonyl (C=O) groups is 1. The van der Waals surface area contributed by atoms with Gasteiger partial charge in [0.15, 0.2) is 0 Å². The second kappa shape index (κ2) is 7.35. The molecule has 1 aromatic carbocycles. The van der Waals surface area contributed by atoms with Crippen LogP contribution in [0.1, 0.15) is 31.7 Å². The molecule has 2 aliphatic rings. The molecule has 0 unspecified atom stereocenters. The summed E-state index contributed by atoms with van der Waals surface area (Å²) in [6, 6.07) is 8.99. The molecule has 126 valence electrons. The molecule has 0 bridgehead atoms. The smallest absolute Gasteiger partial charge is 0.236 e. The van der Waals surface area contributed by atoms with Crippen molar-refractivity contribution in [3.8, 4) is 0 Å². The molecular weight excluding hydrogens is 286 g/mol. The third kappa shape index (κ3) is 3.86. The van der Waals surface area contributed by atoms with Crippen molar-refractivity contribution in [3.63, 3.8) is 0 Å². The molecule has 1 atom stereocenters. The number of nitrogens with zero attached hydrogens (tertiary/aromatic N) is 3. The molecule has 4 nitrogen and oxygen atoms in total. The van der Waals surface area contributed by atoms with Crippen LogP contribution < -0.4 is 4.90 Å². The highest BCUT2D eigenvalue weighted by molar-refractivity contribution is 5.78. The molecule has 0 spiro atoms. The normalized spacial score (nSPS) is 23.1. The summed E-state index contributed by atoms with van der Waals surface area (Å²) in [5.74, 6) is 0.321. The van der Waals surface area contributed by atoms with Crippen LogP contribution in [0.4, 0.5) is 5.69 Å². The Hall–Kier alpha value is -1.55. The largest absolute Gasteiger partial charge is 0.369 e. The van der Waals surface area contributed by atoms with Gasteiger partial charge in [-0.1, -0.05) is 18.2 Å². The van der Waals surface area contributed by atoms with Crippen LogP contribution in [-0.4, -0.2) is 61.0 Å². The number of para-hydroxylation sites is 1. The molecule has 0 N–H and O–H groups in total. The molecule has 0 aromatic heterocycles. The molecule has 2 saturated heterocycles. The quantitative estimate of drug-likeness (QED) is 0.857. The molecule has 0 radical (unpaired) electrons. The highest BCUT2D eigenvalue weighted by atomic mass is 16.2. The van der Waals surface area contributed by atoms with E-state index in [-0.39, 0.29) is 0 Å². The Morgan fingerprint density at radius 2 is 1.83 bits per heavy atom. The fourth-order valence-corrected chi connectivity index (χ4v) is 3.82. The van der Waals surface area contributed by atoms with E-state index in [2.05, 4.69) is 52.8 Å². The van der Waals surface area contributed by atoms with E-state index >= 15 is 0 Å². The molecule has 0 aliphatic carbocycles. The number of benzene rings is 1. The van der Waals surface area contributed by atoms with Gasteiger partial charge < -0.3 is 9.80 Å². The van der Waals surface area contributed by atoms with Crippen molar-refractivity contribution in [3.05, 3.63) is 29.8 Å².